The molecule has 0 aliphatic carbocycles. The molecule has 5 nitrogen and oxygen atoms in total. The van der Waals surface area contributed by atoms with Gasteiger partial charge >= 0.3 is 0 Å². The number of benzene rings is 2. The zero-order valence-electron chi connectivity index (χ0n) is 15.3. The van der Waals surface area contributed by atoms with Gasteiger partial charge in [-0.25, -0.2) is 9.97 Å². The van der Waals surface area contributed by atoms with Gasteiger partial charge in [0.05, 0.1) is 5.56 Å². The summed E-state index contributed by atoms with van der Waals surface area (Å²) in [6.45, 7) is 1.37. The Labute approximate surface area is 159 Å². The van der Waals surface area contributed by atoms with Crippen LogP contribution in [-0.2, 0) is 12.8 Å². The lowest BCUT2D eigenvalue weighted by Gasteiger charge is -2.07. The van der Waals surface area contributed by atoms with Gasteiger partial charge in [-0.15, -0.1) is 0 Å². The monoisotopic (exact) mass is 360 g/mol. The fourth-order valence-corrected chi connectivity index (χ4v) is 2.74. The molecule has 3 rings (SSSR count). The molecule has 2 aromatic carbocycles. The fourth-order valence-electron chi connectivity index (χ4n) is 2.74. The van der Waals surface area contributed by atoms with Crippen molar-refractivity contribution in [1.82, 2.24) is 15.3 Å². The Bertz CT molecular complexity index is 820. The second-order valence-electron chi connectivity index (χ2n) is 6.30. The molecule has 0 saturated heterocycles. The minimum atomic E-state index is -0.140. The summed E-state index contributed by atoms with van der Waals surface area (Å²) in [5, 5.41) is 6.09. The molecule has 0 spiro atoms. The van der Waals surface area contributed by atoms with Crippen molar-refractivity contribution >= 4 is 11.9 Å². The van der Waals surface area contributed by atoms with Crippen molar-refractivity contribution in [2.75, 3.05) is 18.4 Å². The van der Waals surface area contributed by atoms with Crippen LogP contribution in [0, 0.1) is 0 Å². The molecular formula is C22H24N4O. The van der Waals surface area contributed by atoms with Crippen LogP contribution >= 0.6 is 0 Å². The molecule has 0 bridgehead atoms. The van der Waals surface area contributed by atoms with Gasteiger partial charge in [-0.3, -0.25) is 4.79 Å². The highest BCUT2D eigenvalue weighted by atomic mass is 16.1. The predicted molar refractivity (Wildman–Crippen MR) is 108 cm³/mol. The highest BCUT2D eigenvalue weighted by molar-refractivity contribution is 5.93. The molecular weight excluding hydrogens is 336 g/mol. The maximum absolute atomic E-state index is 12.2. The van der Waals surface area contributed by atoms with Gasteiger partial charge in [-0.1, -0.05) is 60.7 Å². The summed E-state index contributed by atoms with van der Waals surface area (Å²) in [5.74, 6) is 0.394. The molecule has 0 unspecified atom stereocenters. The Morgan fingerprint density at radius 3 is 2.00 bits per heavy atom. The van der Waals surface area contributed by atoms with E-state index in [0.717, 1.165) is 25.8 Å². The number of anilines is 1. The van der Waals surface area contributed by atoms with Crippen molar-refractivity contribution in [2.24, 2.45) is 0 Å². The predicted octanol–water partition coefficient (Wildman–Crippen LogP) is 3.49. The van der Waals surface area contributed by atoms with E-state index in [9.17, 15) is 4.79 Å². The lowest BCUT2D eigenvalue weighted by molar-refractivity contribution is 0.0952. The number of amides is 1. The summed E-state index contributed by atoms with van der Waals surface area (Å²) in [7, 11) is 0. The number of carbonyl (C=O) groups is 1. The SMILES string of the molecule is O=C(NCCCc1ccccc1)c1cnc(NCCc2ccccc2)nc1. The number of hydrogen-bond acceptors (Lipinski definition) is 4. The maximum Gasteiger partial charge on any atom is 0.254 e. The molecule has 1 aromatic heterocycles. The van der Waals surface area contributed by atoms with Crippen LogP contribution in [-0.4, -0.2) is 29.0 Å². The summed E-state index contributed by atoms with van der Waals surface area (Å²) >= 11 is 0. The van der Waals surface area contributed by atoms with Crippen molar-refractivity contribution in [3.63, 3.8) is 0 Å². The van der Waals surface area contributed by atoms with Crippen LogP contribution in [0.4, 0.5) is 5.95 Å². The third kappa shape index (κ3) is 6.22. The van der Waals surface area contributed by atoms with E-state index in [1.165, 1.54) is 11.1 Å². The van der Waals surface area contributed by atoms with Crippen molar-refractivity contribution in [3.8, 4) is 0 Å². The van der Waals surface area contributed by atoms with E-state index < -0.39 is 0 Å². The molecule has 1 amide bonds. The summed E-state index contributed by atoms with van der Waals surface area (Å²) in [6.07, 6.45) is 5.86. The Kier molecular flexibility index (Phi) is 6.92. The standard InChI is InChI=1S/C22H24N4O/c27-21(23-14-7-12-18-8-3-1-4-9-18)20-16-25-22(26-17-20)24-15-13-19-10-5-2-6-11-19/h1-6,8-11,16-17H,7,12-15H2,(H,23,27)(H,24,25,26). The van der Waals surface area contributed by atoms with Gasteiger partial charge in [-0.2, -0.15) is 0 Å². The molecule has 2 N–H and O–H groups in total. The number of nitrogens with zero attached hydrogens (tertiary/aromatic N) is 2. The lowest BCUT2D eigenvalue weighted by atomic mass is 10.1. The van der Waals surface area contributed by atoms with Crippen LogP contribution in [0.15, 0.2) is 73.1 Å². The minimum Gasteiger partial charge on any atom is -0.354 e. The topological polar surface area (TPSA) is 66.9 Å². The Morgan fingerprint density at radius 2 is 1.37 bits per heavy atom. The molecule has 1 heterocycles. The third-order valence-corrected chi connectivity index (χ3v) is 4.22. The van der Waals surface area contributed by atoms with Gasteiger partial charge in [-0.05, 0) is 30.4 Å². The first-order valence-corrected chi connectivity index (χ1v) is 9.23. The van der Waals surface area contributed by atoms with Crippen LogP contribution in [0.2, 0.25) is 0 Å². The molecule has 0 saturated carbocycles. The summed E-state index contributed by atoms with van der Waals surface area (Å²) in [4.78, 5) is 20.6. The summed E-state index contributed by atoms with van der Waals surface area (Å²) < 4.78 is 0. The van der Waals surface area contributed by atoms with Crippen molar-refractivity contribution < 1.29 is 4.79 Å². The molecule has 5 heteroatoms. The van der Waals surface area contributed by atoms with Crippen molar-refractivity contribution in [2.45, 2.75) is 19.3 Å². The molecule has 0 fully saturated rings. The van der Waals surface area contributed by atoms with Crippen LogP contribution in [0.25, 0.3) is 0 Å². The van der Waals surface area contributed by atoms with Gasteiger partial charge < -0.3 is 10.6 Å². The van der Waals surface area contributed by atoms with E-state index in [1.807, 2.05) is 36.4 Å². The number of aromatic nitrogens is 2. The molecule has 0 radical (unpaired) electrons. The van der Waals surface area contributed by atoms with E-state index in [4.69, 9.17) is 0 Å². The molecule has 0 aliphatic heterocycles. The average Bonchev–Trinajstić information content (AvgIpc) is 2.73. The third-order valence-electron chi connectivity index (χ3n) is 4.22. The number of hydrogen-bond donors (Lipinski definition) is 2. The van der Waals surface area contributed by atoms with Crippen molar-refractivity contribution in [3.05, 3.63) is 89.7 Å². The van der Waals surface area contributed by atoms with Crippen LogP contribution in [0.3, 0.4) is 0 Å². The normalized spacial score (nSPS) is 10.4. The van der Waals surface area contributed by atoms with Gasteiger partial charge in [0.15, 0.2) is 0 Å². The first-order chi connectivity index (χ1) is 13.3. The van der Waals surface area contributed by atoms with Gasteiger partial charge in [0.25, 0.3) is 5.91 Å². The van der Waals surface area contributed by atoms with E-state index in [0.29, 0.717) is 18.1 Å². The lowest BCUT2D eigenvalue weighted by Crippen LogP contribution is -2.25. The Morgan fingerprint density at radius 1 is 0.778 bits per heavy atom. The molecule has 0 atom stereocenters. The van der Waals surface area contributed by atoms with Crippen LogP contribution in [0.1, 0.15) is 27.9 Å². The smallest absolute Gasteiger partial charge is 0.254 e. The average molecular weight is 360 g/mol. The van der Waals surface area contributed by atoms with Crippen molar-refractivity contribution in [1.29, 1.82) is 0 Å². The highest BCUT2D eigenvalue weighted by Crippen LogP contribution is 2.04. The van der Waals surface area contributed by atoms with E-state index in [2.05, 4.69) is 44.9 Å². The highest BCUT2D eigenvalue weighted by Gasteiger charge is 2.06. The quantitative estimate of drug-likeness (QED) is 0.573. The van der Waals surface area contributed by atoms with Gasteiger partial charge in [0.2, 0.25) is 5.95 Å². The second kappa shape index (κ2) is 10.1. The number of nitrogens with one attached hydrogen (secondary N) is 2. The summed E-state index contributed by atoms with van der Waals surface area (Å²) in [5.41, 5.74) is 3.01. The van der Waals surface area contributed by atoms with Crippen LogP contribution < -0.4 is 10.6 Å². The number of aryl methyl sites for hydroxylation is 1. The van der Waals surface area contributed by atoms with Crippen LogP contribution in [0.5, 0.6) is 0 Å². The summed E-state index contributed by atoms with van der Waals surface area (Å²) in [6, 6.07) is 20.5. The maximum atomic E-state index is 12.2. The Balaban J connectivity index is 1.38. The zero-order valence-corrected chi connectivity index (χ0v) is 15.3. The first-order valence-electron chi connectivity index (χ1n) is 9.23. The van der Waals surface area contributed by atoms with E-state index in [1.54, 1.807) is 12.4 Å². The van der Waals surface area contributed by atoms with Gasteiger partial charge in [0, 0.05) is 25.5 Å². The second-order valence-corrected chi connectivity index (χ2v) is 6.30. The molecule has 27 heavy (non-hydrogen) atoms. The number of carbonyl (C=O) groups excluding carboxylic acids is 1. The van der Waals surface area contributed by atoms with E-state index in [-0.39, 0.29) is 5.91 Å². The largest absolute Gasteiger partial charge is 0.354 e. The minimum absolute atomic E-state index is 0.140. The zero-order chi connectivity index (χ0) is 18.7. The molecule has 138 valence electrons. The first kappa shape index (κ1) is 18.6. The number of rotatable bonds is 9. The fraction of sp³-hybridized carbons (Fsp3) is 0.227. The Hall–Kier alpha value is -3.21. The molecule has 3 aromatic rings. The molecule has 0 aliphatic rings. The van der Waals surface area contributed by atoms with Gasteiger partial charge in [0.1, 0.15) is 0 Å². The van der Waals surface area contributed by atoms with E-state index >= 15 is 0 Å².